The minimum Gasteiger partial charge on any atom is -0.435 e. The van der Waals surface area contributed by atoms with Crippen molar-refractivity contribution in [2.45, 2.75) is 25.9 Å². The summed E-state index contributed by atoms with van der Waals surface area (Å²) in [6.07, 6.45) is 4.06. The zero-order chi connectivity index (χ0) is 17.4. The molecule has 128 valence electrons. The van der Waals surface area contributed by atoms with E-state index in [1.165, 1.54) is 25.0 Å². The maximum atomic E-state index is 12.5. The summed E-state index contributed by atoms with van der Waals surface area (Å²) in [7, 11) is 0. The quantitative estimate of drug-likeness (QED) is 0.624. The van der Waals surface area contributed by atoms with E-state index < -0.39 is 6.61 Å². The highest BCUT2D eigenvalue weighted by Gasteiger charge is 2.25. The van der Waals surface area contributed by atoms with Gasteiger partial charge in [0.1, 0.15) is 12.0 Å². The first-order valence-electron chi connectivity index (χ1n) is 8.16. The molecule has 1 saturated carbocycles. The number of alkyl halides is 2. The van der Waals surface area contributed by atoms with Crippen LogP contribution >= 0.6 is 0 Å². The average molecular weight is 342 g/mol. The van der Waals surface area contributed by atoms with Gasteiger partial charge in [-0.15, -0.1) is 0 Å². The van der Waals surface area contributed by atoms with Crippen LogP contribution in [0.5, 0.6) is 5.75 Å². The molecule has 1 heterocycles. The maximum Gasteiger partial charge on any atom is 0.387 e. The summed E-state index contributed by atoms with van der Waals surface area (Å²) in [6, 6.07) is 11.9. The molecule has 0 N–H and O–H groups in total. The van der Waals surface area contributed by atoms with Gasteiger partial charge < -0.3 is 4.74 Å². The minimum atomic E-state index is -2.87. The molecule has 0 saturated heterocycles. The Morgan fingerprint density at radius 1 is 1.24 bits per heavy atom. The van der Waals surface area contributed by atoms with Crippen molar-refractivity contribution >= 4 is 17.2 Å². The van der Waals surface area contributed by atoms with Crippen molar-refractivity contribution < 1.29 is 18.3 Å². The Bertz CT molecular complexity index is 932. The summed E-state index contributed by atoms with van der Waals surface area (Å²) in [5.74, 6) is 0.726. The third kappa shape index (κ3) is 3.24. The van der Waals surface area contributed by atoms with Gasteiger partial charge in [-0.3, -0.25) is 4.79 Å². The Labute approximate surface area is 143 Å². The third-order valence-electron chi connectivity index (χ3n) is 4.38. The predicted molar refractivity (Wildman–Crippen MR) is 89.5 cm³/mol. The molecule has 4 rings (SSSR count). The zero-order valence-corrected chi connectivity index (χ0v) is 13.4. The van der Waals surface area contributed by atoms with Crippen LogP contribution < -0.4 is 4.74 Å². The SMILES string of the molecule is O=Cc1ccc2c(c1)c(CC1CC1)nn2-c1cccc(OC(F)F)c1. The van der Waals surface area contributed by atoms with Crippen molar-refractivity contribution in [3.63, 3.8) is 0 Å². The molecule has 25 heavy (non-hydrogen) atoms. The minimum absolute atomic E-state index is 0.0874. The maximum absolute atomic E-state index is 12.5. The Morgan fingerprint density at radius 3 is 2.80 bits per heavy atom. The second-order valence-electron chi connectivity index (χ2n) is 6.28. The van der Waals surface area contributed by atoms with Crippen molar-refractivity contribution in [2.24, 2.45) is 5.92 Å². The summed E-state index contributed by atoms with van der Waals surface area (Å²) in [5.41, 5.74) is 3.01. The molecule has 6 heteroatoms. The smallest absolute Gasteiger partial charge is 0.387 e. The molecule has 4 nitrogen and oxygen atoms in total. The van der Waals surface area contributed by atoms with Crippen LogP contribution in [0.15, 0.2) is 42.5 Å². The fourth-order valence-corrected chi connectivity index (χ4v) is 3.01. The molecular weight excluding hydrogens is 326 g/mol. The molecule has 2 aromatic carbocycles. The van der Waals surface area contributed by atoms with Gasteiger partial charge in [0.05, 0.1) is 16.9 Å². The van der Waals surface area contributed by atoms with Crippen molar-refractivity contribution in [2.75, 3.05) is 0 Å². The van der Waals surface area contributed by atoms with Crippen molar-refractivity contribution in [1.29, 1.82) is 0 Å². The van der Waals surface area contributed by atoms with Gasteiger partial charge in [-0.2, -0.15) is 13.9 Å². The number of aromatic nitrogens is 2. The Hall–Kier alpha value is -2.76. The fraction of sp³-hybridized carbons (Fsp3) is 0.263. The van der Waals surface area contributed by atoms with Gasteiger partial charge in [0.15, 0.2) is 0 Å². The first kappa shape index (κ1) is 15.7. The van der Waals surface area contributed by atoms with E-state index in [-0.39, 0.29) is 5.75 Å². The number of carbonyl (C=O) groups excluding carboxylic acids is 1. The third-order valence-corrected chi connectivity index (χ3v) is 4.38. The summed E-state index contributed by atoms with van der Waals surface area (Å²) < 4.78 is 31.1. The highest BCUT2D eigenvalue weighted by Crippen LogP contribution is 2.35. The molecule has 0 amide bonds. The lowest BCUT2D eigenvalue weighted by atomic mass is 10.1. The van der Waals surface area contributed by atoms with Crippen LogP contribution in [0, 0.1) is 5.92 Å². The number of hydrogen-bond acceptors (Lipinski definition) is 3. The van der Waals surface area contributed by atoms with Crippen LogP contribution in [-0.4, -0.2) is 22.7 Å². The molecule has 1 aromatic heterocycles. The number of aldehydes is 1. The van der Waals surface area contributed by atoms with E-state index in [9.17, 15) is 13.6 Å². The van der Waals surface area contributed by atoms with Gasteiger partial charge in [-0.1, -0.05) is 6.07 Å². The van der Waals surface area contributed by atoms with Crippen LogP contribution in [0.25, 0.3) is 16.6 Å². The number of carbonyl (C=O) groups is 1. The highest BCUT2D eigenvalue weighted by molar-refractivity contribution is 5.89. The number of rotatable bonds is 6. The number of benzene rings is 2. The monoisotopic (exact) mass is 342 g/mol. The molecule has 1 aliphatic rings. The van der Waals surface area contributed by atoms with Gasteiger partial charge in [0, 0.05) is 17.0 Å². The average Bonchev–Trinajstić information content (AvgIpc) is 3.35. The topological polar surface area (TPSA) is 44.1 Å². The summed E-state index contributed by atoms with van der Waals surface area (Å²) in [6.45, 7) is -2.87. The molecule has 0 spiro atoms. The van der Waals surface area contributed by atoms with Crippen LogP contribution in [0.3, 0.4) is 0 Å². The lowest BCUT2D eigenvalue weighted by Gasteiger charge is -2.08. The van der Waals surface area contributed by atoms with Crippen LogP contribution in [-0.2, 0) is 6.42 Å². The van der Waals surface area contributed by atoms with E-state index in [4.69, 9.17) is 5.10 Å². The van der Waals surface area contributed by atoms with E-state index in [0.29, 0.717) is 17.2 Å². The van der Waals surface area contributed by atoms with Gasteiger partial charge in [0.25, 0.3) is 0 Å². The number of hydrogen-bond donors (Lipinski definition) is 0. The van der Waals surface area contributed by atoms with Crippen molar-refractivity contribution in [3.8, 4) is 11.4 Å². The van der Waals surface area contributed by atoms with E-state index in [1.807, 2.05) is 12.1 Å². The van der Waals surface area contributed by atoms with Gasteiger partial charge in [0.2, 0.25) is 0 Å². The fourth-order valence-electron chi connectivity index (χ4n) is 3.01. The molecule has 0 bridgehead atoms. The predicted octanol–water partition coefficient (Wildman–Crippen LogP) is 4.39. The van der Waals surface area contributed by atoms with Gasteiger partial charge in [-0.25, -0.2) is 4.68 Å². The molecular formula is C19H16F2N2O2. The summed E-state index contributed by atoms with van der Waals surface area (Å²) in [5, 5.41) is 5.62. The van der Waals surface area contributed by atoms with Crippen LogP contribution in [0.2, 0.25) is 0 Å². The standard InChI is InChI=1S/C19H16F2N2O2/c20-19(21)25-15-3-1-2-14(10-15)23-18-7-6-13(11-24)8-16(18)17(22-23)9-12-4-5-12/h1-3,6-8,10-12,19H,4-5,9H2. The van der Waals surface area contributed by atoms with Crippen molar-refractivity contribution in [1.82, 2.24) is 9.78 Å². The molecule has 0 unspecified atom stereocenters. The molecule has 0 aliphatic heterocycles. The number of nitrogens with zero attached hydrogens (tertiary/aromatic N) is 2. The van der Waals surface area contributed by atoms with E-state index >= 15 is 0 Å². The largest absolute Gasteiger partial charge is 0.435 e. The second-order valence-corrected chi connectivity index (χ2v) is 6.28. The zero-order valence-electron chi connectivity index (χ0n) is 13.4. The first-order valence-corrected chi connectivity index (χ1v) is 8.16. The molecule has 0 atom stereocenters. The number of halogens is 2. The molecule has 1 aliphatic carbocycles. The summed E-state index contributed by atoms with van der Waals surface area (Å²) in [4.78, 5) is 11.1. The Balaban J connectivity index is 1.82. The Morgan fingerprint density at radius 2 is 2.08 bits per heavy atom. The lowest BCUT2D eigenvalue weighted by molar-refractivity contribution is -0.0498. The van der Waals surface area contributed by atoms with E-state index in [0.717, 1.165) is 29.3 Å². The molecule has 1 fully saturated rings. The number of ether oxygens (including phenoxy) is 1. The van der Waals surface area contributed by atoms with E-state index in [2.05, 4.69) is 4.74 Å². The van der Waals surface area contributed by atoms with Gasteiger partial charge >= 0.3 is 6.61 Å². The Kier molecular flexibility index (Phi) is 3.95. The number of fused-ring (bicyclic) bond motifs is 1. The summed E-state index contributed by atoms with van der Waals surface area (Å²) >= 11 is 0. The second kappa shape index (κ2) is 6.27. The first-order chi connectivity index (χ1) is 12.1. The van der Waals surface area contributed by atoms with Gasteiger partial charge in [-0.05, 0) is 55.5 Å². The van der Waals surface area contributed by atoms with Crippen molar-refractivity contribution in [3.05, 3.63) is 53.7 Å². The van der Waals surface area contributed by atoms with Crippen LogP contribution in [0.1, 0.15) is 28.9 Å². The van der Waals surface area contributed by atoms with Crippen LogP contribution in [0.4, 0.5) is 8.78 Å². The highest BCUT2D eigenvalue weighted by atomic mass is 19.3. The normalized spacial score (nSPS) is 14.2. The molecule has 3 aromatic rings. The molecule has 0 radical (unpaired) electrons. The lowest BCUT2D eigenvalue weighted by Crippen LogP contribution is -2.03. The van der Waals surface area contributed by atoms with E-state index in [1.54, 1.807) is 22.9 Å².